The van der Waals surface area contributed by atoms with Gasteiger partial charge in [0.1, 0.15) is 0 Å². The Kier molecular flexibility index (Phi) is 5.08. The van der Waals surface area contributed by atoms with Crippen molar-refractivity contribution in [3.8, 4) is 22.8 Å². The number of nitrogens with zero attached hydrogens (tertiary/aromatic N) is 5. The summed E-state index contributed by atoms with van der Waals surface area (Å²) in [6.45, 7) is 7.31. The zero-order chi connectivity index (χ0) is 19.6. The van der Waals surface area contributed by atoms with Gasteiger partial charge in [-0.3, -0.25) is 9.97 Å². The van der Waals surface area contributed by atoms with E-state index in [2.05, 4.69) is 36.4 Å². The third kappa shape index (κ3) is 3.80. The van der Waals surface area contributed by atoms with Crippen LogP contribution < -0.4 is 5.32 Å². The second kappa shape index (κ2) is 8.00. The van der Waals surface area contributed by atoms with Gasteiger partial charge in [0.05, 0.1) is 5.56 Å². The number of rotatable bonds is 5. The van der Waals surface area contributed by atoms with Crippen LogP contribution in [-0.2, 0) is 19.4 Å². The van der Waals surface area contributed by atoms with Gasteiger partial charge in [-0.05, 0) is 69.1 Å². The Hall–Kier alpha value is -2.64. The largest absolute Gasteiger partial charge is 0.334 e. The van der Waals surface area contributed by atoms with Crippen LogP contribution in [0.1, 0.15) is 35.4 Å². The monoisotopic (exact) mass is 390 g/mol. The van der Waals surface area contributed by atoms with E-state index >= 15 is 0 Å². The molecule has 2 aliphatic rings. The topological polar surface area (TPSA) is 80.0 Å². The lowest BCUT2D eigenvalue weighted by Crippen LogP contribution is -2.24. The van der Waals surface area contributed by atoms with Crippen molar-refractivity contribution < 1.29 is 4.52 Å². The first-order chi connectivity index (χ1) is 14.3. The Morgan fingerprint density at radius 2 is 2.03 bits per heavy atom. The summed E-state index contributed by atoms with van der Waals surface area (Å²) in [5.41, 5.74) is 6.39. The van der Waals surface area contributed by atoms with Crippen molar-refractivity contribution in [1.82, 2.24) is 30.3 Å². The third-order valence-corrected chi connectivity index (χ3v) is 5.94. The minimum absolute atomic E-state index is 0.504. The van der Waals surface area contributed by atoms with Crippen molar-refractivity contribution in [1.29, 1.82) is 0 Å². The Morgan fingerprint density at radius 1 is 1.14 bits per heavy atom. The van der Waals surface area contributed by atoms with Crippen molar-refractivity contribution >= 4 is 0 Å². The van der Waals surface area contributed by atoms with Crippen molar-refractivity contribution in [3.05, 3.63) is 47.0 Å². The number of hydrogen-bond donors (Lipinski definition) is 1. The predicted octanol–water partition coefficient (Wildman–Crippen LogP) is 2.79. The highest BCUT2D eigenvalue weighted by molar-refractivity contribution is 5.66. The minimum Gasteiger partial charge on any atom is -0.334 e. The summed E-state index contributed by atoms with van der Waals surface area (Å²) in [5, 5.41) is 7.65. The second-order valence-corrected chi connectivity index (χ2v) is 7.91. The molecule has 0 unspecified atom stereocenters. The highest BCUT2D eigenvalue weighted by atomic mass is 16.5. The van der Waals surface area contributed by atoms with Crippen LogP contribution in [0, 0.1) is 6.92 Å². The van der Waals surface area contributed by atoms with Crippen LogP contribution >= 0.6 is 0 Å². The summed E-state index contributed by atoms with van der Waals surface area (Å²) in [4.78, 5) is 16.3. The van der Waals surface area contributed by atoms with Gasteiger partial charge in [-0.15, -0.1) is 0 Å². The van der Waals surface area contributed by atoms with Gasteiger partial charge in [0.25, 0.3) is 5.89 Å². The Bertz CT molecular complexity index is 991. The van der Waals surface area contributed by atoms with Crippen molar-refractivity contribution in [3.63, 3.8) is 0 Å². The molecule has 0 aliphatic carbocycles. The van der Waals surface area contributed by atoms with Crippen LogP contribution in [0.4, 0.5) is 0 Å². The first kappa shape index (κ1) is 18.4. The maximum absolute atomic E-state index is 5.58. The summed E-state index contributed by atoms with van der Waals surface area (Å²) < 4.78 is 5.58. The van der Waals surface area contributed by atoms with E-state index in [0.717, 1.165) is 55.0 Å². The van der Waals surface area contributed by atoms with E-state index < -0.39 is 0 Å². The number of aromatic nitrogens is 4. The normalized spacial score (nSPS) is 16.9. The number of fused-ring (bicyclic) bond motifs is 1. The zero-order valence-electron chi connectivity index (χ0n) is 16.8. The van der Waals surface area contributed by atoms with Gasteiger partial charge in [-0.2, -0.15) is 4.98 Å². The average molecular weight is 390 g/mol. The molecule has 150 valence electrons. The SMILES string of the molecule is Cc1ncc2c(c1-c1noc(-c3ccc(CCN4CCCC4)nc3)n1)CCNC2. The Balaban J connectivity index is 1.35. The van der Waals surface area contributed by atoms with Crippen LogP contribution in [0.5, 0.6) is 0 Å². The van der Waals surface area contributed by atoms with Crippen LogP contribution in [-0.4, -0.2) is 51.2 Å². The van der Waals surface area contributed by atoms with Crippen LogP contribution in [0.25, 0.3) is 22.8 Å². The Morgan fingerprint density at radius 3 is 2.86 bits per heavy atom. The van der Waals surface area contributed by atoms with Crippen molar-refractivity contribution in [2.45, 2.75) is 39.2 Å². The summed E-state index contributed by atoms with van der Waals surface area (Å²) in [7, 11) is 0. The molecule has 1 saturated heterocycles. The number of pyridine rings is 2. The standard InChI is InChI=1S/C22H26N6O/c1-15-20(19-6-8-23-12-17(19)14-24-15)21-26-22(29-27-21)16-4-5-18(25-13-16)7-11-28-9-2-3-10-28/h4-5,13-14,23H,2-3,6-12H2,1H3. The fourth-order valence-corrected chi connectivity index (χ4v) is 4.29. The van der Waals surface area contributed by atoms with Gasteiger partial charge in [-0.1, -0.05) is 5.16 Å². The Labute approximate surface area is 170 Å². The van der Waals surface area contributed by atoms with Gasteiger partial charge < -0.3 is 14.7 Å². The fourth-order valence-electron chi connectivity index (χ4n) is 4.29. The molecule has 3 aromatic heterocycles. The molecule has 5 rings (SSSR count). The smallest absolute Gasteiger partial charge is 0.259 e. The van der Waals surface area contributed by atoms with Gasteiger partial charge in [0, 0.05) is 48.9 Å². The first-order valence-electron chi connectivity index (χ1n) is 10.5. The minimum atomic E-state index is 0.504. The maximum atomic E-state index is 5.58. The molecule has 0 saturated carbocycles. The molecule has 0 bridgehead atoms. The predicted molar refractivity (Wildman–Crippen MR) is 110 cm³/mol. The van der Waals surface area contributed by atoms with E-state index in [0.29, 0.717) is 11.7 Å². The van der Waals surface area contributed by atoms with E-state index in [9.17, 15) is 0 Å². The average Bonchev–Trinajstić information content (AvgIpc) is 3.45. The summed E-state index contributed by atoms with van der Waals surface area (Å²) in [6.07, 6.45) is 8.36. The maximum Gasteiger partial charge on any atom is 0.259 e. The highest BCUT2D eigenvalue weighted by Crippen LogP contribution is 2.30. The summed E-state index contributed by atoms with van der Waals surface area (Å²) >= 11 is 0. The molecule has 3 aromatic rings. The molecule has 0 amide bonds. The summed E-state index contributed by atoms with van der Waals surface area (Å²) in [5.74, 6) is 1.12. The highest BCUT2D eigenvalue weighted by Gasteiger charge is 2.21. The molecule has 2 aliphatic heterocycles. The fraction of sp³-hybridized carbons (Fsp3) is 0.455. The molecule has 1 N–H and O–H groups in total. The molecular formula is C22H26N6O. The van der Waals surface area contributed by atoms with Crippen LogP contribution in [0.15, 0.2) is 29.0 Å². The molecule has 0 aromatic carbocycles. The third-order valence-electron chi connectivity index (χ3n) is 5.94. The molecular weight excluding hydrogens is 364 g/mol. The summed E-state index contributed by atoms with van der Waals surface area (Å²) in [6, 6.07) is 4.09. The lowest BCUT2D eigenvalue weighted by atomic mass is 9.95. The molecule has 5 heterocycles. The lowest BCUT2D eigenvalue weighted by Gasteiger charge is -2.19. The molecule has 7 heteroatoms. The van der Waals surface area contributed by atoms with Crippen molar-refractivity contribution in [2.24, 2.45) is 0 Å². The zero-order valence-corrected chi connectivity index (χ0v) is 16.8. The van der Waals surface area contributed by atoms with Crippen LogP contribution in [0.3, 0.4) is 0 Å². The van der Waals surface area contributed by atoms with E-state index in [1.165, 1.54) is 37.1 Å². The number of nitrogens with one attached hydrogen (secondary N) is 1. The number of likely N-dealkylation sites (tertiary alicyclic amines) is 1. The van der Waals surface area contributed by atoms with Gasteiger partial charge in [0.15, 0.2) is 0 Å². The van der Waals surface area contributed by atoms with Gasteiger partial charge >= 0.3 is 0 Å². The number of aryl methyl sites for hydroxylation is 1. The van der Waals surface area contributed by atoms with E-state index in [1.54, 1.807) is 0 Å². The molecule has 0 atom stereocenters. The second-order valence-electron chi connectivity index (χ2n) is 7.91. The molecule has 0 radical (unpaired) electrons. The van der Waals surface area contributed by atoms with Gasteiger partial charge in [-0.25, -0.2) is 0 Å². The molecule has 7 nitrogen and oxygen atoms in total. The number of hydrogen-bond acceptors (Lipinski definition) is 7. The first-order valence-corrected chi connectivity index (χ1v) is 10.5. The van der Waals surface area contributed by atoms with Gasteiger partial charge in [0.2, 0.25) is 5.82 Å². The molecule has 29 heavy (non-hydrogen) atoms. The van der Waals surface area contributed by atoms with E-state index in [4.69, 9.17) is 4.52 Å². The quantitative estimate of drug-likeness (QED) is 0.717. The van der Waals surface area contributed by atoms with Crippen molar-refractivity contribution in [2.75, 3.05) is 26.2 Å². The van der Waals surface area contributed by atoms with E-state index in [-0.39, 0.29) is 0 Å². The lowest BCUT2D eigenvalue weighted by molar-refractivity contribution is 0.342. The molecule has 1 fully saturated rings. The van der Waals surface area contributed by atoms with Crippen LogP contribution in [0.2, 0.25) is 0 Å². The molecule has 0 spiro atoms. The van der Waals surface area contributed by atoms with E-state index in [1.807, 2.05) is 25.4 Å².